The van der Waals surface area contributed by atoms with Gasteiger partial charge in [0.1, 0.15) is 40.6 Å². The van der Waals surface area contributed by atoms with Crippen LogP contribution in [0.4, 0.5) is 9.59 Å². The summed E-state index contributed by atoms with van der Waals surface area (Å²) in [6.07, 6.45) is 5.74. The SMILES string of the molecule is BrC1CCCC1.C.C.C.CC(C)(C)OC(=O)CC(Cc1cccc(C(=O)NCC(=O)CC[C@H](NC(=O)c2c(Cl)cccc2Cl)C(=O)O)c1)=NC(=O)OC(C)(C)C.CC(C)(C)OC(=O)CC(Cc1cccc(C(=O)NCC(=O)CC[C@H](NC(=O)c2c(Cl)cccc2Cl)C(=O)OC2CCCC2)c1)=NC(=O)OC(C)(C)C.S.S. The summed E-state index contributed by atoms with van der Waals surface area (Å²) < 4.78 is 27.0. The van der Waals surface area contributed by atoms with Crippen molar-refractivity contribution in [2.24, 2.45) is 9.98 Å². The maximum absolute atomic E-state index is 13.1. The highest BCUT2D eigenvalue weighted by atomic mass is 79.9. The highest BCUT2D eigenvalue weighted by Gasteiger charge is 2.31. The lowest BCUT2D eigenvalue weighted by Gasteiger charge is -2.21. The van der Waals surface area contributed by atoms with Gasteiger partial charge in [-0.15, -0.1) is 0 Å². The molecule has 110 heavy (non-hydrogen) atoms. The number of carbonyl (C=O) groups excluding carboxylic acids is 11. The molecule has 0 saturated heterocycles. The molecule has 5 N–H and O–H groups in total. The number of aliphatic imine (C=N–C) groups is 2. The number of amides is 6. The molecule has 612 valence electrons. The van der Waals surface area contributed by atoms with Gasteiger partial charge >= 0.3 is 36.1 Å². The Labute approximate surface area is 689 Å². The lowest BCUT2D eigenvalue weighted by molar-refractivity contribution is -0.154. The van der Waals surface area contributed by atoms with Gasteiger partial charge in [-0.25, -0.2) is 19.2 Å². The molecule has 31 heteroatoms. The van der Waals surface area contributed by atoms with Crippen molar-refractivity contribution in [3.8, 4) is 0 Å². The van der Waals surface area contributed by atoms with Crippen molar-refractivity contribution in [3.05, 3.63) is 138 Å². The number of carboxylic acids is 1. The molecule has 2 aliphatic carbocycles. The zero-order chi connectivity index (χ0) is 78.6. The number of nitrogens with zero attached hydrogens (tertiary/aromatic N) is 2. The standard InChI is InChI=1S/C38H47Cl2N3O9.C33H39Cl2N3O9.C5H9Br.3CH4.2H2S/c1-37(2,3)51-31(45)21-25(42-36(49)52-38(4,5)6)20-23-11-9-12-24(19-23)33(46)41-22-26(44)17-18-30(35(48)50-27-13-7-8-14-27)43-34(47)32-28(39)15-10-16-29(32)40;1-32(2,3)46-26(40)17-21(37-31(45)47-33(4,5)6)16-19-9-7-10-20(15-19)28(41)36-18-22(39)13-14-25(30(43)44)38-29(42)27-23(34)11-8-12-24(27)35;6-5-3-1-2-4-5;;;;;/h9-12,15-16,19,27,30H,7-8,13-14,17-18,20-22H2,1-6H3,(H,41,46)(H,43,47);7-12,15,25H,13-14,16-18H2,1-6H3,(H,36,41)(H,38,42)(H,43,44);5H,1-4H2;3*1H4;2*1H2/t30-;25-;;;;;;/m00....../s1. The minimum Gasteiger partial charge on any atom is -0.480 e. The first-order valence-corrected chi connectivity index (χ1v) is 36.7. The van der Waals surface area contributed by atoms with Gasteiger partial charge in [-0.2, -0.15) is 37.0 Å². The van der Waals surface area contributed by atoms with Crippen LogP contribution in [-0.2, 0) is 65.3 Å². The van der Waals surface area contributed by atoms with E-state index in [1.807, 2.05) is 0 Å². The van der Waals surface area contributed by atoms with E-state index in [2.05, 4.69) is 47.2 Å². The summed E-state index contributed by atoms with van der Waals surface area (Å²) in [5.41, 5.74) is -1.31. The molecule has 0 heterocycles. The average molecular weight is 1720 g/mol. The van der Waals surface area contributed by atoms with Crippen LogP contribution in [0.5, 0.6) is 0 Å². The molecule has 2 aliphatic rings. The smallest absolute Gasteiger partial charge is 0.434 e. The summed E-state index contributed by atoms with van der Waals surface area (Å²) in [5.74, 6) is -6.70. The Morgan fingerprint density at radius 2 is 0.809 bits per heavy atom. The van der Waals surface area contributed by atoms with E-state index in [-0.39, 0.29) is 167 Å². The molecule has 2 saturated carbocycles. The summed E-state index contributed by atoms with van der Waals surface area (Å²) in [7, 11) is 0. The zero-order valence-electron chi connectivity index (χ0n) is 62.3. The minimum absolute atomic E-state index is 0. The highest BCUT2D eigenvalue weighted by molar-refractivity contribution is 9.09. The van der Waals surface area contributed by atoms with Crippen molar-refractivity contribution in [2.45, 2.75) is 254 Å². The van der Waals surface area contributed by atoms with Gasteiger partial charge in [0.05, 0.1) is 57.1 Å². The number of halogens is 5. The van der Waals surface area contributed by atoms with Gasteiger partial charge in [0, 0.05) is 53.1 Å². The second-order valence-corrected chi connectivity index (χ2v) is 31.9. The fraction of sp³-hybridized carbons (Fsp3) is 0.519. The number of carboxylic acid groups (broad SMARTS) is 1. The molecule has 0 spiro atoms. The largest absolute Gasteiger partial charge is 0.480 e. The number of carbonyl (C=O) groups is 12. The third-order valence-electron chi connectivity index (χ3n) is 14.8. The predicted octanol–water partition coefficient (Wildman–Crippen LogP) is 17.1. The molecule has 6 amide bonds. The molecule has 0 bridgehead atoms. The van der Waals surface area contributed by atoms with Crippen LogP contribution >= 0.6 is 89.3 Å². The number of Topliss-reactive ketones (excluding diaryl/α,β-unsaturated/α-hetero) is 2. The average Bonchev–Trinajstić information content (AvgIpc) is 1.05. The van der Waals surface area contributed by atoms with E-state index in [9.17, 15) is 62.6 Å². The van der Waals surface area contributed by atoms with E-state index in [0.29, 0.717) is 11.1 Å². The number of aliphatic carboxylic acids is 1. The van der Waals surface area contributed by atoms with Gasteiger partial charge < -0.3 is 50.1 Å². The Balaban J connectivity index is 0. The van der Waals surface area contributed by atoms with Crippen LogP contribution < -0.4 is 21.3 Å². The van der Waals surface area contributed by atoms with Crippen LogP contribution in [0.3, 0.4) is 0 Å². The van der Waals surface area contributed by atoms with Crippen molar-refractivity contribution in [2.75, 3.05) is 13.1 Å². The van der Waals surface area contributed by atoms with Gasteiger partial charge in [0.2, 0.25) is 0 Å². The number of alkyl halides is 1. The van der Waals surface area contributed by atoms with E-state index < -0.39 is 112 Å². The summed E-state index contributed by atoms with van der Waals surface area (Å²) >= 11 is 28.0. The van der Waals surface area contributed by atoms with Crippen LogP contribution in [0.1, 0.15) is 248 Å². The van der Waals surface area contributed by atoms with E-state index in [0.717, 1.165) is 30.5 Å². The molecule has 4 aromatic rings. The van der Waals surface area contributed by atoms with Crippen molar-refractivity contribution in [3.63, 3.8) is 0 Å². The summed E-state index contributed by atoms with van der Waals surface area (Å²) in [6.45, 7) is 19.7. The number of ether oxygens (including phenoxy) is 5. The monoisotopic (exact) mass is 1710 g/mol. The fourth-order valence-corrected chi connectivity index (χ4v) is 12.0. The Kier molecular flexibility index (Phi) is 47.4. The number of rotatable bonds is 27. The molecule has 0 radical (unpaired) electrons. The Morgan fingerprint density at radius 1 is 0.482 bits per heavy atom. The van der Waals surface area contributed by atoms with Crippen molar-refractivity contribution < 1.29 is 86.3 Å². The summed E-state index contributed by atoms with van der Waals surface area (Å²) in [6, 6.07) is 19.1. The van der Waals surface area contributed by atoms with Crippen LogP contribution in [0.15, 0.2) is 94.9 Å². The number of nitrogens with one attached hydrogen (secondary N) is 4. The molecular formula is C79H111BrCl4N6O18S2. The number of hydrogen-bond acceptors (Lipinski definition) is 17. The maximum Gasteiger partial charge on any atom is 0.434 e. The third kappa shape index (κ3) is 41.8. The molecule has 2 fully saturated rings. The van der Waals surface area contributed by atoms with E-state index >= 15 is 0 Å². The van der Waals surface area contributed by atoms with Gasteiger partial charge in [-0.3, -0.25) is 38.4 Å². The number of esters is 3. The molecule has 0 aliphatic heterocycles. The lowest BCUT2D eigenvalue weighted by Crippen LogP contribution is -2.43. The highest BCUT2D eigenvalue weighted by Crippen LogP contribution is 2.28. The van der Waals surface area contributed by atoms with Gasteiger partial charge in [-0.1, -0.05) is 134 Å². The Morgan fingerprint density at radius 3 is 1.14 bits per heavy atom. The Bertz CT molecular complexity index is 3800. The third-order valence-corrected chi connectivity index (χ3v) is 17.0. The lowest BCUT2D eigenvalue weighted by atomic mass is 10.0. The first-order valence-electron chi connectivity index (χ1n) is 34.3. The van der Waals surface area contributed by atoms with E-state index in [1.54, 1.807) is 126 Å². The van der Waals surface area contributed by atoms with Crippen LogP contribution in [0.2, 0.25) is 20.1 Å². The quantitative estimate of drug-likeness (QED) is 0.0160. The van der Waals surface area contributed by atoms with Crippen molar-refractivity contribution in [1.29, 1.82) is 0 Å². The van der Waals surface area contributed by atoms with Crippen LogP contribution in [-0.4, -0.2) is 146 Å². The number of hydrogen-bond donors (Lipinski definition) is 5. The molecule has 24 nitrogen and oxygen atoms in total. The second-order valence-electron chi connectivity index (χ2n) is 28.9. The molecule has 4 aromatic carbocycles. The maximum atomic E-state index is 13.1. The summed E-state index contributed by atoms with van der Waals surface area (Å²) in [5, 5.41) is 19.8. The fourth-order valence-electron chi connectivity index (χ4n) is 10.2. The Hall–Kier alpha value is -7.40. The number of benzene rings is 4. The topological polar surface area (TPSA) is 344 Å². The molecule has 0 unspecified atom stereocenters. The van der Waals surface area contributed by atoms with Crippen molar-refractivity contribution in [1.82, 2.24) is 21.3 Å². The normalized spacial score (nSPS) is 13.5. The van der Waals surface area contributed by atoms with E-state index in [4.69, 9.17) is 70.1 Å². The van der Waals surface area contributed by atoms with Crippen LogP contribution in [0.25, 0.3) is 0 Å². The summed E-state index contributed by atoms with van der Waals surface area (Å²) in [4.78, 5) is 161. The number of ketones is 2. The zero-order valence-corrected chi connectivity index (χ0v) is 68.9. The minimum atomic E-state index is -1.41. The molecule has 6 rings (SSSR count). The molecular weight excluding hydrogens is 1610 g/mol. The van der Waals surface area contributed by atoms with Crippen molar-refractivity contribution >= 4 is 172 Å². The second kappa shape index (κ2) is 49.9. The van der Waals surface area contributed by atoms with Gasteiger partial charge in [0.15, 0.2) is 11.6 Å². The van der Waals surface area contributed by atoms with Gasteiger partial charge in [0.25, 0.3) is 23.6 Å². The van der Waals surface area contributed by atoms with Gasteiger partial charge in [-0.05, 0) is 194 Å². The van der Waals surface area contributed by atoms with Crippen LogP contribution in [0, 0.1) is 0 Å². The first-order chi connectivity index (χ1) is 48.9. The predicted molar refractivity (Wildman–Crippen MR) is 445 cm³/mol. The molecule has 2 atom stereocenters. The molecule has 0 aromatic heterocycles. The first kappa shape index (κ1) is 105. The van der Waals surface area contributed by atoms with E-state index in [1.165, 1.54) is 68.1 Å².